The number of anilines is 1. The minimum atomic E-state index is -1.23. The molecule has 0 saturated carbocycles. The Balaban J connectivity index is 1.77. The molecule has 3 fully saturated rings. The van der Waals surface area contributed by atoms with Crippen LogP contribution in [-0.2, 0) is 19.1 Å². The molecule has 0 aromatic heterocycles. The van der Waals surface area contributed by atoms with Crippen LogP contribution >= 0.6 is 11.6 Å². The summed E-state index contributed by atoms with van der Waals surface area (Å²) in [6.45, 7) is 8.08. The lowest BCUT2D eigenvalue weighted by Crippen LogP contribution is -2.57. The topological polar surface area (TPSA) is 107 Å². The average molecular weight is 519 g/mol. The molecule has 36 heavy (non-hydrogen) atoms. The second-order valence-corrected chi connectivity index (χ2v) is 10.8. The van der Waals surface area contributed by atoms with Gasteiger partial charge in [0.2, 0.25) is 5.91 Å². The molecule has 9 heteroatoms. The van der Waals surface area contributed by atoms with Gasteiger partial charge in [-0.05, 0) is 44.2 Å². The van der Waals surface area contributed by atoms with Crippen LogP contribution in [0.15, 0.2) is 36.9 Å². The average Bonchev–Trinajstić information content (AvgIpc) is 3.34. The zero-order valence-electron chi connectivity index (χ0n) is 20.9. The highest BCUT2D eigenvalue weighted by Crippen LogP contribution is 2.65. The van der Waals surface area contributed by atoms with Crippen LogP contribution in [0.3, 0.4) is 0 Å². The number of carbonyl (C=O) groups excluding carboxylic acids is 2. The molecule has 4 rings (SSSR count). The van der Waals surface area contributed by atoms with E-state index in [9.17, 15) is 19.5 Å². The molecule has 3 unspecified atom stereocenters. The molecule has 2 bridgehead atoms. The minimum absolute atomic E-state index is 0.105. The Morgan fingerprint density at radius 2 is 1.97 bits per heavy atom. The summed E-state index contributed by atoms with van der Waals surface area (Å²) >= 11 is 6.46. The molecule has 8 nitrogen and oxygen atoms in total. The number of likely N-dealkylation sites (tertiary alicyclic amines) is 1. The first-order valence-corrected chi connectivity index (χ1v) is 13.0. The van der Waals surface area contributed by atoms with Crippen molar-refractivity contribution < 1.29 is 29.3 Å². The van der Waals surface area contributed by atoms with E-state index in [1.165, 1.54) is 4.90 Å². The van der Waals surface area contributed by atoms with Gasteiger partial charge in [0.25, 0.3) is 5.91 Å². The third-order valence-electron chi connectivity index (χ3n) is 8.34. The van der Waals surface area contributed by atoms with E-state index in [-0.39, 0.29) is 30.9 Å². The smallest absolute Gasteiger partial charge is 0.310 e. The van der Waals surface area contributed by atoms with Gasteiger partial charge in [-0.25, -0.2) is 0 Å². The maximum Gasteiger partial charge on any atom is 0.310 e. The van der Waals surface area contributed by atoms with Gasteiger partial charge >= 0.3 is 5.97 Å². The first-order valence-electron chi connectivity index (χ1n) is 12.6. The number of aliphatic carboxylic acids is 1. The van der Waals surface area contributed by atoms with Crippen molar-refractivity contribution in [2.45, 2.75) is 63.2 Å². The lowest BCUT2D eigenvalue weighted by Gasteiger charge is -2.37. The number of carboxylic acids is 1. The Kier molecular flexibility index (Phi) is 7.51. The third-order valence-corrected chi connectivity index (χ3v) is 8.66. The highest BCUT2D eigenvalue weighted by molar-refractivity contribution is 6.34. The Hall–Kier alpha value is -2.42. The summed E-state index contributed by atoms with van der Waals surface area (Å²) in [5, 5.41) is 19.6. The van der Waals surface area contributed by atoms with Crippen LogP contribution in [0.4, 0.5) is 5.69 Å². The summed E-state index contributed by atoms with van der Waals surface area (Å²) in [7, 11) is 0. The van der Waals surface area contributed by atoms with Crippen molar-refractivity contribution in [2.24, 2.45) is 17.8 Å². The van der Waals surface area contributed by atoms with Crippen molar-refractivity contribution >= 4 is 35.1 Å². The predicted octanol–water partition coefficient (Wildman–Crippen LogP) is 3.51. The summed E-state index contributed by atoms with van der Waals surface area (Å²) in [6.07, 6.45) is 4.91. The monoisotopic (exact) mass is 518 g/mol. The van der Waals surface area contributed by atoms with Gasteiger partial charge in [-0.3, -0.25) is 14.4 Å². The quantitative estimate of drug-likeness (QED) is 0.343. The van der Waals surface area contributed by atoms with E-state index in [0.717, 1.165) is 12.8 Å². The van der Waals surface area contributed by atoms with Crippen LogP contribution in [0.25, 0.3) is 0 Å². The molecule has 0 aliphatic carbocycles. The Labute approximate surface area is 216 Å². The lowest BCUT2D eigenvalue weighted by atomic mass is 9.62. The van der Waals surface area contributed by atoms with E-state index in [0.29, 0.717) is 36.5 Å². The highest BCUT2D eigenvalue weighted by atomic mass is 35.5. The minimum Gasteiger partial charge on any atom is -0.481 e. The molecule has 2 amide bonds. The van der Waals surface area contributed by atoms with Crippen LogP contribution in [0.2, 0.25) is 5.02 Å². The number of carboxylic acid groups (broad SMARTS) is 1. The first-order chi connectivity index (χ1) is 17.1. The van der Waals surface area contributed by atoms with Gasteiger partial charge in [0.05, 0.1) is 22.2 Å². The van der Waals surface area contributed by atoms with Gasteiger partial charge in [-0.2, -0.15) is 0 Å². The maximum atomic E-state index is 14.4. The number of aliphatic hydroxyl groups excluding tert-OH is 1. The molecule has 2 N–H and O–H groups in total. The molecule has 3 aliphatic rings. The van der Waals surface area contributed by atoms with Crippen molar-refractivity contribution in [1.29, 1.82) is 0 Å². The lowest BCUT2D eigenvalue weighted by molar-refractivity contribution is -0.156. The number of ether oxygens (including phenoxy) is 1. The molecule has 3 aliphatic heterocycles. The zero-order chi connectivity index (χ0) is 26.3. The van der Waals surface area contributed by atoms with E-state index in [4.69, 9.17) is 21.4 Å². The SMILES string of the molecule is C=CCN(C(=O)C1N(CCCCCCO)C(=O)[C@@H]2[C@@H](C(=O)O)[C@]3(C)OC12CC3C)c1ccccc1Cl. The number of nitrogens with zero attached hydrogens (tertiary/aromatic N) is 2. The van der Waals surface area contributed by atoms with Crippen LogP contribution in [0.1, 0.15) is 46.0 Å². The number of fused-ring (bicyclic) bond motifs is 1. The third kappa shape index (κ3) is 4.03. The van der Waals surface area contributed by atoms with Gasteiger partial charge in [-0.1, -0.05) is 49.6 Å². The number of para-hydroxylation sites is 1. The number of hydrogen-bond acceptors (Lipinski definition) is 5. The fourth-order valence-electron chi connectivity index (χ4n) is 6.64. The van der Waals surface area contributed by atoms with Gasteiger partial charge in [0.1, 0.15) is 17.6 Å². The number of carbonyl (C=O) groups is 3. The summed E-state index contributed by atoms with van der Waals surface area (Å²) in [5.41, 5.74) is -1.76. The van der Waals surface area contributed by atoms with Crippen LogP contribution in [0.5, 0.6) is 0 Å². The predicted molar refractivity (Wildman–Crippen MR) is 136 cm³/mol. The number of amides is 2. The molecule has 0 radical (unpaired) electrons. The largest absolute Gasteiger partial charge is 0.481 e. The van der Waals surface area contributed by atoms with Gasteiger partial charge in [0.15, 0.2) is 0 Å². The summed E-state index contributed by atoms with van der Waals surface area (Å²) in [6, 6.07) is 6.02. The van der Waals surface area contributed by atoms with Gasteiger partial charge in [0, 0.05) is 19.7 Å². The van der Waals surface area contributed by atoms with Crippen molar-refractivity contribution in [3.63, 3.8) is 0 Å². The molecule has 1 aromatic carbocycles. The molecular formula is C27H35ClN2O6. The standard InChI is InChI=1S/C27H35ClN2O6/c1-4-13-29(19-12-8-7-11-18(19)28)24(33)22-27-16-17(2)26(3,36-27)21(25(34)35)20(27)23(32)30(22)14-9-5-6-10-15-31/h4,7-8,11-12,17,20-22,31H,1,5-6,9-10,13-16H2,2-3H3,(H,34,35)/t17?,20-,21-,22?,26+,27?/m0/s1. The van der Waals surface area contributed by atoms with Crippen LogP contribution in [-0.4, -0.2) is 69.8 Å². The number of unbranched alkanes of at least 4 members (excludes halogenated alkanes) is 3. The van der Waals surface area contributed by atoms with Crippen LogP contribution in [0, 0.1) is 17.8 Å². The van der Waals surface area contributed by atoms with Gasteiger partial charge in [-0.15, -0.1) is 6.58 Å². The molecule has 196 valence electrons. The number of benzene rings is 1. The van der Waals surface area contributed by atoms with Crippen molar-refractivity contribution in [1.82, 2.24) is 4.90 Å². The fraction of sp³-hybridized carbons (Fsp3) is 0.593. The molecule has 1 spiro atoms. The van der Waals surface area contributed by atoms with E-state index in [1.54, 1.807) is 42.2 Å². The second-order valence-electron chi connectivity index (χ2n) is 10.4. The molecule has 3 saturated heterocycles. The molecule has 6 atom stereocenters. The van der Waals surface area contributed by atoms with E-state index in [1.807, 2.05) is 6.92 Å². The molecular weight excluding hydrogens is 484 g/mol. The summed E-state index contributed by atoms with van der Waals surface area (Å²) in [4.78, 5) is 43.7. The number of hydrogen-bond donors (Lipinski definition) is 2. The first kappa shape index (κ1) is 26.6. The Morgan fingerprint density at radius 1 is 1.28 bits per heavy atom. The normalized spacial score (nSPS) is 32.6. The second kappa shape index (κ2) is 10.1. The number of aliphatic hydroxyl groups is 1. The molecule has 3 heterocycles. The number of rotatable bonds is 11. The van der Waals surface area contributed by atoms with E-state index >= 15 is 0 Å². The van der Waals surface area contributed by atoms with Crippen molar-refractivity contribution in [3.05, 3.63) is 41.9 Å². The fourth-order valence-corrected chi connectivity index (χ4v) is 6.87. The van der Waals surface area contributed by atoms with Crippen molar-refractivity contribution in [3.8, 4) is 0 Å². The van der Waals surface area contributed by atoms with E-state index in [2.05, 4.69) is 6.58 Å². The Morgan fingerprint density at radius 3 is 2.61 bits per heavy atom. The maximum absolute atomic E-state index is 14.4. The Bertz CT molecular complexity index is 1050. The summed E-state index contributed by atoms with van der Waals surface area (Å²) < 4.78 is 6.55. The molecule has 1 aromatic rings. The van der Waals surface area contributed by atoms with Gasteiger partial charge < -0.3 is 24.7 Å². The summed E-state index contributed by atoms with van der Waals surface area (Å²) in [5.74, 6) is -3.87. The number of halogens is 1. The van der Waals surface area contributed by atoms with Crippen molar-refractivity contribution in [2.75, 3.05) is 24.6 Å². The van der Waals surface area contributed by atoms with E-state index < -0.39 is 35.0 Å². The zero-order valence-corrected chi connectivity index (χ0v) is 21.6. The van der Waals surface area contributed by atoms with Crippen LogP contribution < -0.4 is 4.90 Å². The highest BCUT2D eigenvalue weighted by Gasteiger charge is 2.80.